The molecule has 3 aliphatic rings. The lowest BCUT2D eigenvalue weighted by molar-refractivity contribution is -0.153. The molecule has 0 bridgehead atoms. The van der Waals surface area contributed by atoms with Crippen molar-refractivity contribution in [1.82, 2.24) is 30.8 Å². The van der Waals surface area contributed by atoms with Crippen molar-refractivity contribution in [3.05, 3.63) is 29.8 Å². The number of barbiturate groups is 1. The molecule has 0 radical (unpaired) electrons. The van der Waals surface area contributed by atoms with Crippen molar-refractivity contribution >= 4 is 34.5 Å². The average molecular weight is 455 g/mol. The number of rotatable bonds is 1. The Balaban J connectivity index is 1.61. The number of carbonyl (C=O) groups excluding carboxylic acids is 3. The molecule has 0 aliphatic carbocycles. The van der Waals surface area contributed by atoms with Crippen molar-refractivity contribution in [2.45, 2.75) is 38.5 Å². The van der Waals surface area contributed by atoms with Gasteiger partial charge in [-0.25, -0.2) is 9.18 Å². The summed E-state index contributed by atoms with van der Waals surface area (Å²) in [6.07, 6.45) is 1.82. The lowest BCUT2D eigenvalue weighted by Crippen LogP contribution is -2.75. The fourth-order valence-electron chi connectivity index (χ4n) is 5.41. The van der Waals surface area contributed by atoms with Crippen LogP contribution >= 0.6 is 0 Å². The Morgan fingerprint density at radius 3 is 2.55 bits per heavy atom. The summed E-state index contributed by atoms with van der Waals surface area (Å²) >= 11 is 0. The van der Waals surface area contributed by atoms with Crippen molar-refractivity contribution < 1.29 is 28.0 Å². The Labute approximate surface area is 185 Å². The van der Waals surface area contributed by atoms with Gasteiger partial charge in [0, 0.05) is 13.0 Å². The van der Waals surface area contributed by atoms with Gasteiger partial charge in [-0.3, -0.25) is 20.2 Å². The Morgan fingerprint density at radius 2 is 1.85 bits per heavy atom. The molecule has 13 heteroatoms. The number of carbonyl (C=O) groups is 3. The number of hydrogen-bond acceptors (Lipinski definition) is 9. The van der Waals surface area contributed by atoms with E-state index in [2.05, 4.69) is 26.0 Å². The van der Waals surface area contributed by atoms with E-state index in [1.807, 2.05) is 6.92 Å². The number of imide groups is 2. The smallest absolute Gasteiger partial charge is 0.328 e. The minimum atomic E-state index is -1.71. The fraction of sp³-hybridized carbons (Fsp3) is 0.400. The molecule has 3 aromatic rings. The number of amides is 4. The highest BCUT2D eigenvalue weighted by atomic mass is 19.1. The zero-order chi connectivity index (χ0) is 23.1. The molecule has 1 aromatic carbocycles. The number of ether oxygens (including phenoxy) is 1. The van der Waals surface area contributed by atoms with Crippen LogP contribution in [0.1, 0.15) is 19.4 Å². The second-order valence-electron chi connectivity index (χ2n) is 8.53. The molecule has 3 aliphatic heterocycles. The van der Waals surface area contributed by atoms with Crippen LogP contribution in [-0.4, -0.2) is 62.8 Å². The first-order valence-electron chi connectivity index (χ1n) is 10.4. The molecule has 1 spiro atoms. The number of fused-ring (bicyclic) bond motifs is 5. The van der Waals surface area contributed by atoms with Crippen molar-refractivity contribution in [2.75, 3.05) is 11.4 Å². The summed E-state index contributed by atoms with van der Waals surface area (Å²) < 4.78 is 27.2. The predicted octanol–water partition coefficient (Wildman–Crippen LogP) is 0.438. The van der Waals surface area contributed by atoms with Gasteiger partial charge in [0.1, 0.15) is 0 Å². The second-order valence-corrected chi connectivity index (χ2v) is 8.53. The summed E-state index contributed by atoms with van der Waals surface area (Å²) in [5.41, 5.74) is -1.18. The zero-order valence-corrected chi connectivity index (χ0v) is 17.5. The molecule has 2 saturated heterocycles. The molecule has 2 aromatic heterocycles. The zero-order valence-electron chi connectivity index (χ0n) is 17.5. The van der Waals surface area contributed by atoms with E-state index in [0.717, 1.165) is 0 Å². The Bertz CT molecular complexity index is 1320. The van der Waals surface area contributed by atoms with Crippen molar-refractivity contribution in [3.8, 4) is 5.82 Å². The van der Waals surface area contributed by atoms with E-state index in [1.165, 1.54) is 17.2 Å². The van der Waals surface area contributed by atoms with E-state index in [9.17, 15) is 14.4 Å². The molecule has 2 fully saturated rings. The first-order valence-corrected chi connectivity index (χ1v) is 10.4. The SMILES string of the molecule is CC1CN2c3c(cc4c(-n5nccn5)noc4c3F)CC3(C(=O)NC(=O)NC3=O)C2C(C)O1. The highest BCUT2D eigenvalue weighted by Crippen LogP contribution is 2.49. The third-order valence-electron chi connectivity index (χ3n) is 6.55. The molecular formula is C20H18FN7O5. The molecule has 0 saturated carbocycles. The minimum absolute atomic E-state index is 0.0877. The third-order valence-corrected chi connectivity index (χ3v) is 6.55. The quantitative estimate of drug-likeness (QED) is 0.499. The van der Waals surface area contributed by atoms with Crippen LogP contribution in [-0.2, 0) is 20.7 Å². The number of nitrogens with zero attached hydrogens (tertiary/aromatic N) is 5. The largest absolute Gasteiger partial charge is 0.372 e. The number of nitrogens with one attached hydrogen (secondary N) is 2. The lowest BCUT2D eigenvalue weighted by atomic mass is 9.66. The van der Waals surface area contributed by atoms with Crippen LogP contribution in [0.15, 0.2) is 23.0 Å². The molecule has 170 valence electrons. The average Bonchev–Trinajstić information content (AvgIpc) is 3.41. The van der Waals surface area contributed by atoms with E-state index < -0.39 is 41.2 Å². The molecule has 33 heavy (non-hydrogen) atoms. The molecule has 3 unspecified atom stereocenters. The van der Waals surface area contributed by atoms with Crippen LogP contribution in [0, 0.1) is 11.2 Å². The first kappa shape index (κ1) is 19.8. The summed E-state index contributed by atoms with van der Waals surface area (Å²) in [7, 11) is 0. The van der Waals surface area contributed by atoms with Gasteiger partial charge in [0.05, 0.1) is 41.7 Å². The van der Waals surface area contributed by atoms with Crippen molar-refractivity contribution in [2.24, 2.45) is 5.41 Å². The molecule has 4 amide bonds. The van der Waals surface area contributed by atoms with Gasteiger partial charge >= 0.3 is 6.03 Å². The number of urea groups is 1. The van der Waals surface area contributed by atoms with E-state index in [4.69, 9.17) is 9.26 Å². The Morgan fingerprint density at radius 1 is 1.15 bits per heavy atom. The first-order chi connectivity index (χ1) is 15.8. The number of aromatic nitrogens is 4. The van der Waals surface area contributed by atoms with Gasteiger partial charge in [0.15, 0.2) is 11.2 Å². The second kappa shape index (κ2) is 6.57. The summed E-state index contributed by atoms with van der Waals surface area (Å²) in [5, 5.41) is 16.7. The number of halogens is 1. The Kier molecular flexibility index (Phi) is 3.94. The monoisotopic (exact) mass is 455 g/mol. The van der Waals surface area contributed by atoms with Gasteiger partial charge in [-0.2, -0.15) is 10.2 Å². The number of hydrogen-bond donors (Lipinski definition) is 2. The molecular weight excluding hydrogens is 437 g/mol. The topological polar surface area (TPSA) is 144 Å². The third kappa shape index (κ3) is 2.53. The van der Waals surface area contributed by atoms with Crippen LogP contribution < -0.4 is 15.5 Å². The molecule has 5 heterocycles. The highest BCUT2D eigenvalue weighted by molar-refractivity contribution is 6.20. The standard InChI is InChI=1S/C20H18FN7O5/c1-8-7-27-13-10(5-11-14(12(13)21)33-26-16(11)28-22-3-4-23-28)6-20(15(27)9(2)32-8)17(29)24-19(31)25-18(20)30/h3-5,8-9,15H,6-7H2,1-2H3,(H2,24,25,29,30,31). The van der Waals surface area contributed by atoms with Gasteiger partial charge in [0.25, 0.3) is 0 Å². The summed E-state index contributed by atoms with van der Waals surface area (Å²) in [5.74, 6) is -1.99. The van der Waals surface area contributed by atoms with E-state index >= 15 is 4.39 Å². The number of benzene rings is 1. The maximum Gasteiger partial charge on any atom is 0.328 e. The Hall–Kier alpha value is -3.87. The summed E-state index contributed by atoms with van der Waals surface area (Å²) in [4.78, 5) is 41.1. The van der Waals surface area contributed by atoms with E-state index in [-0.39, 0.29) is 41.5 Å². The van der Waals surface area contributed by atoms with Crippen LogP contribution in [0.2, 0.25) is 0 Å². The maximum absolute atomic E-state index is 15.9. The molecule has 6 rings (SSSR count). The molecule has 12 nitrogen and oxygen atoms in total. The van der Waals surface area contributed by atoms with Gasteiger partial charge in [0.2, 0.25) is 23.2 Å². The highest BCUT2D eigenvalue weighted by Gasteiger charge is 2.63. The van der Waals surface area contributed by atoms with Crippen molar-refractivity contribution in [3.63, 3.8) is 0 Å². The number of morpholine rings is 1. The number of anilines is 1. The summed E-state index contributed by atoms with van der Waals surface area (Å²) in [6, 6.07) is -0.113. The lowest BCUT2D eigenvalue weighted by Gasteiger charge is -2.55. The normalized spacial score (nSPS) is 26.2. The van der Waals surface area contributed by atoms with Gasteiger partial charge in [-0.15, -0.1) is 4.80 Å². The van der Waals surface area contributed by atoms with E-state index in [0.29, 0.717) is 5.56 Å². The fourth-order valence-corrected chi connectivity index (χ4v) is 5.41. The summed E-state index contributed by atoms with van der Waals surface area (Å²) in [6.45, 7) is 3.77. The van der Waals surface area contributed by atoms with Gasteiger partial charge < -0.3 is 14.2 Å². The predicted molar refractivity (Wildman–Crippen MR) is 108 cm³/mol. The van der Waals surface area contributed by atoms with Crippen molar-refractivity contribution in [1.29, 1.82) is 0 Å². The van der Waals surface area contributed by atoms with Gasteiger partial charge in [-0.1, -0.05) is 5.16 Å². The van der Waals surface area contributed by atoms with Crippen LogP contribution in [0.4, 0.5) is 14.9 Å². The minimum Gasteiger partial charge on any atom is -0.372 e. The maximum atomic E-state index is 15.9. The van der Waals surface area contributed by atoms with Crippen LogP contribution in [0.5, 0.6) is 0 Å². The van der Waals surface area contributed by atoms with Crippen LogP contribution in [0.25, 0.3) is 16.8 Å². The van der Waals surface area contributed by atoms with Gasteiger partial charge in [-0.05, 0) is 25.5 Å². The van der Waals surface area contributed by atoms with E-state index in [1.54, 1.807) is 17.9 Å². The molecule has 2 N–H and O–H groups in total. The molecule has 3 atom stereocenters. The van der Waals surface area contributed by atoms with Crippen LogP contribution in [0.3, 0.4) is 0 Å².